The molecule has 0 radical (unpaired) electrons. The van der Waals surface area contributed by atoms with Crippen molar-refractivity contribution >= 4 is 34.2 Å². The predicted molar refractivity (Wildman–Crippen MR) is 113 cm³/mol. The molecule has 2 saturated carbocycles. The number of nitrogens with one attached hydrogen (secondary N) is 3. The fraction of sp³-hybridized carbons (Fsp3) is 0.524. The Bertz CT molecular complexity index is 975. The van der Waals surface area contributed by atoms with E-state index >= 15 is 0 Å². The second-order valence-corrected chi connectivity index (χ2v) is 9.59. The summed E-state index contributed by atoms with van der Waals surface area (Å²) >= 11 is 1.51. The van der Waals surface area contributed by atoms with Gasteiger partial charge in [0.1, 0.15) is 11.3 Å². The van der Waals surface area contributed by atoms with Crippen LogP contribution in [0.15, 0.2) is 18.7 Å². The molecule has 2 fully saturated rings. The van der Waals surface area contributed by atoms with E-state index in [1.807, 2.05) is 0 Å². The molecule has 0 saturated heterocycles. The smallest absolute Gasteiger partial charge is 0.327 e. The monoisotopic (exact) mass is 427 g/mol. The van der Waals surface area contributed by atoms with Crippen molar-refractivity contribution in [1.82, 2.24) is 20.2 Å². The lowest BCUT2D eigenvalue weighted by Gasteiger charge is -2.24. The van der Waals surface area contributed by atoms with Gasteiger partial charge in [-0.25, -0.2) is 9.78 Å². The predicted octanol–water partition coefficient (Wildman–Crippen LogP) is 2.55. The minimum Gasteiger partial charge on any atom is -0.352 e. The number of nitrogens with zero attached hydrogens (tertiary/aromatic N) is 2. The van der Waals surface area contributed by atoms with E-state index in [0.29, 0.717) is 29.4 Å². The largest absolute Gasteiger partial charge is 0.352 e. The molecule has 3 aliphatic carbocycles. The van der Waals surface area contributed by atoms with E-state index in [2.05, 4.69) is 20.9 Å². The minimum absolute atomic E-state index is 0.00907. The van der Waals surface area contributed by atoms with Crippen LogP contribution < -0.4 is 16.0 Å². The molecule has 5 rings (SSSR count). The van der Waals surface area contributed by atoms with Crippen molar-refractivity contribution in [3.63, 3.8) is 0 Å². The van der Waals surface area contributed by atoms with Crippen LogP contribution in [0.25, 0.3) is 0 Å². The Labute approximate surface area is 178 Å². The van der Waals surface area contributed by atoms with Crippen molar-refractivity contribution in [2.24, 2.45) is 11.8 Å². The Morgan fingerprint density at radius 1 is 1.17 bits per heavy atom. The lowest BCUT2D eigenvalue weighted by Crippen LogP contribution is -2.41. The second-order valence-electron chi connectivity index (χ2n) is 8.48. The van der Waals surface area contributed by atoms with E-state index in [4.69, 9.17) is 0 Å². The van der Waals surface area contributed by atoms with E-state index in [0.717, 1.165) is 49.0 Å². The van der Waals surface area contributed by atoms with Crippen molar-refractivity contribution < 1.29 is 14.4 Å². The Morgan fingerprint density at radius 3 is 2.70 bits per heavy atom. The summed E-state index contributed by atoms with van der Waals surface area (Å²) in [7, 11) is 0. The summed E-state index contributed by atoms with van der Waals surface area (Å²) in [5, 5.41) is 9.76. The molecule has 0 aromatic carbocycles. The zero-order valence-corrected chi connectivity index (χ0v) is 17.5. The number of aryl methyl sites for hydroxylation is 1. The van der Waals surface area contributed by atoms with Gasteiger partial charge in [-0.05, 0) is 56.4 Å². The van der Waals surface area contributed by atoms with Gasteiger partial charge < -0.3 is 16.0 Å². The number of amides is 3. The van der Waals surface area contributed by atoms with Crippen molar-refractivity contribution in [1.29, 1.82) is 0 Å². The average molecular weight is 428 g/mol. The lowest BCUT2D eigenvalue weighted by atomic mass is 9.91. The molecule has 1 atom stereocenters. The van der Waals surface area contributed by atoms with Crippen molar-refractivity contribution in [3.05, 3.63) is 34.7 Å². The Kier molecular flexibility index (Phi) is 5.06. The molecule has 2 aromatic heterocycles. The first-order valence-electron chi connectivity index (χ1n) is 10.6. The van der Waals surface area contributed by atoms with Crippen LogP contribution in [0, 0.1) is 11.8 Å². The third-order valence-corrected chi connectivity index (χ3v) is 7.19. The van der Waals surface area contributed by atoms with Crippen LogP contribution in [0.2, 0.25) is 0 Å². The SMILES string of the molecule is O=C(NCC1CC1)c1c(NC(=O)C2CC2)sc2c1CC(NC(=O)n1ccnc1)CC2. The quantitative estimate of drug-likeness (QED) is 0.659. The molecule has 3 amide bonds. The summed E-state index contributed by atoms with van der Waals surface area (Å²) in [6.45, 7) is 0.681. The van der Waals surface area contributed by atoms with E-state index in [9.17, 15) is 14.4 Å². The van der Waals surface area contributed by atoms with E-state index < -0.39 is 0 Å². The molecule has 9 heteroatoms. The highest BCUT2D eigenvalue weighted by atomic mass is 32.1. The molecule has 8 nitrogen and oxygen atoms in total. The standard InChI is InChI=1S/C21H25N5O3S/c27-18(13-3-4-13)25-20-17(19(28)23-10-12-1-2-12)15-9-14(5-6-16(15)30-20)24-21(29)26-8-7-22-11-26/h7-8,11-14H,1-6,9-10H2,(H,23,28)(H,24,29)(H,25,27). The molecule has 30 heavy (non-hydrogen) atoms. The number of hydrogen-bond donors (Lipinski definition) is 3. The number of carbonyl (C=O) groups excluding carboxylic acids is 3. The van der Waals surface area contributed by atoms with Crippen molar-refractivity contribution in [2.45, 2.75) is 51.0 Å². The normalized spacial score (nSPS) is 20.3. The number of imidazole rings is 1. The highest BCUT2D eigenvalue weighted by Gasteiger charge is 2.34. The Balaban J connectivity index is 1.36. The van der Waals surface area contributed by atoms with Gasteiger partial charge in [-0.15, -0.1) is 11.3 Å². The van der Waals surface area contributed by atoms with Gasteiger partial charge in [-0.1, -0.05) is 0 Å². The van der Waals surface area contributed by atoms with Crippen LogP contribution >= 0.6 is 11.3 Å². The van der Waals surface area contributed by atoms with Crippen LogP contribution in [0.1, 0.15) is 52.9 Å². The first kappa shape index (κ1) is 19.3. The average Bonchev–Trinajstić information content (AvgIpc) is 3.65. The lowest BCUT2D eigenvalue weighted by molar-refractivity contribution is -0.117. The number of rotatable bonds is 6. The van der Waals surface area contributed by atoms with Crippen molar-refractivity contribution in [2.75, 3.05) is 11.9 Å². The van der Waals surface area contributed by atoms with Gasteiger partial charge in [0.25, 0.3) is 5.91 Å². The van der Waals surface area contributed by atoms with Gasteiger partial charge in [-0.2, -0.15) is 0 Å². The maximum absolute atomic E-state index is 13.1. The zero-order valence-electron chi connectivity index (χ0n) is 16.6. The molecule has 3 N–H and O–H groups in total. The fourth-order valence-electron chi connectivity index (χ4n) is 3.87. The number of aromatic nitrogens is 2. The third kappa shape index (κ3) is 4.12. The van der Waals surface area contributed by atoms with Gasteiger partial charge in [0.05, 0.1) is 5.56 Å². The van der Waals surface area contributed by atoms with E-state index in [1.165, 1.54) is 22.2 Å². The molecule has 3 aliphatic rings. The van der Waals surface area contributed by atoms with Gasteiger partial charge in [-0.3, -0.25) is 14.2 Å². The highest BCUT2D eigenvalue weighted by molar-refractivity contribution is 7.17. The molecule has 0 spiro atoms. The summed E-state index contributed by atoms with van der Waals surface area (Å²) in [6.07, 6.45) is 11.0. The van der Waals surface area contributed by atoms with Gasteiger partial charge in [0.15, 0.2) is 0 Å². The third-order valence-electron chi connectivity index (χ3n) is 5.99. The summed E-state index contributed by atoms with van der Waals surface area (Å²) in [5.74, 6) is 0.547. The molecule has 158 valence electrons. The number of carbonyl (C=O) groups is 3. The number of fused-ring (bicyclic) bond motifs is 1. The zero-order chi connectivity index (χ0) is 20.7. The summed E-state index contributed by atoms with van der Waals surface area (Å²) in [5.41, 5.74) is 1.55. The maximum atomic E-state index is 13.1. The van der Waals surface area contributed by atoms with Gasteiger partial charge >= 0.3 is 6.03 Å². The second kappa shape index (κ2) is 7.86. The molecular formula is C21H25N5O3S. The molecular weight excluding hydrogens is 402 g/mol. The molecule has 1 unspecified atom stereocenters. The summed E-state index contributed by atoms with van der Waals surface area (Å²) in [4.78, 5) is 42.9. The summed E-state index contributed by atoms with van der Waals surface area (Å²) < 4.78 is 1.41. The molecule has 0 aliphatic heterocycles. The highest BCUT2D eigenvalue weighted by Crippen LogP contribution is 2.40. The number of anilines is 1. The molecule has 2 heterocycles. The van der Waals surface area contributed by atoms with Crippen LogP contribution in [0.5, 0.6) is 0 Å². The maximum Gasteiger partial charge on any atom is 0.327 e. The minimum atomic E-state index is -0.224. The Hall–Kier alpha value is -2.68. The molecule has 2 aromatic rings. The fourth-order valence-corrected chi connectivity index (χ4v) is 5.12. The number of hydrogen-bond acceptors (Lipinski definition) is 5. The van der Waals surface area contributed by atoms with Crippen LogP contribution in [-0.4, -0.2) is 40.0 Å². The number of thiophene rings is 1. The summed E-state index contributed by atoms with van der Waals surface area (Å²) in [6, 6.07) is -0.290. The molecule has 0 bridgehead atoms. The van der Waals surface area contributed by atoms with Crippen molar-refractivity contribution in [3.8, 4) is 0 Å². The van der Waals surface area contributed by atoms with Crippen LogP contribution in [0.4, 0.5) is 9.80 Å². The van der Waals surface area contributed by atoms with E-state index in [1.54, 1.807) is 12.4 Å². The topological polar surface area (TPSA) is 105 Å². The Morgan fingerprint density at radius 2 is 2.00 bits per heavy atom. The van der Waals surface area contributed by atoms with Crippen LogP contribution in [0.3, 0.4) is 0 Å². The van der Waals surface area contributed by atoms with E-state index in [-0.39, 0.29) is 29.8 Å². The first-order valence-corrected chi connectivity index (χ1v) is 11.4. The first-order chi connectivity index (χ1) is 14.6. The van der Waals surface area contributed by atoms with Gasteiger partial charge in [0.2, 0.25) is 5.91 Å². The van der Waals surface area contributed by atoms with Gasteiger partial charge in [0, 0.05) is 35.8 Å². The van der Waals surface area contributed by atoms with Crippen LogP contribution in [-0.2, 0) is 17.6 Å².